The van der Waals surface area contributed by atoms with Crippen LogP contribution in [0.5, 0.6) is 11.6 Å². The van der Waals surface area contributed by atoms with Crippen molar-refractivity contribution in [1.82, 2.24) is 9.97 Å². The number of hydrogen-bond acceptors (Lipinski definition) is 4. The van der Waals surface area contributed by atoms with Gasteiger partial charge in [0, 0.05) is 5.02 Å². The molecule has 0 unspecified atom stereocenters. The summed E-state index contributed by atoms with van der Waals surface area (Å²) in [5.74, 6) is -0.650. The Hall–Kier alpha value is -1.59. The van der Waals surface area contributed by atoms with E-state index in [0.717, 1.165) is 6.07 Å². The zero-order chi connectivity index (χ0) is 13.3. The maximum Gasteiger partial charge on any atom is 0.247 e. The molecule has 2 N–H and O–H groups in total. The third-order valence-corrected chi connectivity index (χ3v) is 2.58. The van der Waals surface area contributed by atoms with Crippen LogP contribution in [0.15, 0.2) is 18.2 Å². The van der Waals surface area contributed by atoms with Crippen LogP contribution in [0, 0.1) is 12.7 Å². The monoisotopic (exact) mass is 287 g/mol. The SMILES string of the molecule is Cc1nc(Cl)nc(Oc2ccc(Cl)cc2F)c1N. The molecule has 18 heavy (non-hydrogen) atoms. The molecule has 0 saturated heterocycles. The van der Waals surface area contributed by atoms with E-state index < -0.39 is 5.82 Å². The lowest BCUT2D eigenvalue weighted by molar-refractivity contribution is 0.428. The first kappa shape index (κ1) is 12.9. The molecule has 2 aromatic rings. The zero-order valence-electron chi connectivity index (χ0n) is 9.25. The Morgan fingerprint density at radius 3 is 2.67 bits per heavy atom. The van der Waals surface area contributed by atoms with Crippen molar-refractivity contribution in [3.63, 3.8) is 0 Å². The average molecular weight is 288 g/mol. The maximum atomic E-state index is 13.5. The van der Waals surface area contributed by atoms with E-state index in [4.69, 9.17) is 33.7 Å². The van der Waals surface area contributed by atoms with Crippen molar-refractivity contribution in [2.45, 2.75) is 6.92 Å². The van der Waals surface area contributed by atoms with Gasteiger partial charge in [-0.3, -0.25) is 0 Å². The van der Waals surface area contributed by atoms with Crippen LogP contribution < -0.4 is 10.5 Å². The normalized spacial score (nSPS) is 10.4. The lowest BCUT2D eigenvalue weighted by Crippen LogP contribution is -2.01. The zero-order valence-corrected chi connectivity index (χ0v) is 10.8. The van der Waals surface area contributed by atoms with Crippen LogP contribution >= 0.6 is 23.2 Å². The Morgan fingerprint density at radius 2 is 2.00 bits per heavy atom. The first-order valence-corrected chi connectivity index (χ1v) is 5.65. The maximum absolute atomic E-state index is 13.5. The van der Waals surface area contributed by atoms with E-state index in [-0.39, 0.29) is 27.6 Å². The van der Waals surface area contributed by atoms with Gasteiger partial charge in [-0.05, 0) is 36.7 Å². The fourth-order valence-corrected chi connectivity index (χ4v) is 1.62. The molecule has 0 atom stereocenters. The number of nitrogen functional groups attached to an aromatic ring is 1. The lowest BCUT2D eigenvalue weighted by Gasteiger charge is -2.09. The quantitative estimate of drug-likeness (QED) is 0.857. The molecule has 0 aliphatic rings. The minimum absolute atomic E-state index is 0.00808. The molecule has 0 amide bonds. The Bertz CT molecular complexity index is 607. The van der Waals surface area contributed by atoms with Gasteiger partial charge in [-0.1, -0.05) is 11.6 Å². The highest BCUT2D eigenvalue weighted by Gasteiger charge is 2.12. The molecule has 0 radical (unpaired) electrons. The van der Waals surface area contributed by atoms with Crippen molar-refractivity contribution in [3.05, 3.63) is 40.0 Å². The van der Waals surface area contributed by atoms with Crippen LogP contribution in [0.4, 0.5) is 10.1 Å². The summed E-state index contributed by atoms with van der Waals surface area (Å²) in [5, 5.41) is 0.246. The summed E-state index contributed by atoms with van der Waals surface area (Å²) in [6, 6.07) is 4.00. The van der Waals surface area contributed by atoms with E-state index in [1.165, 1.54) is 12.1 Å². The van der Waals surface area contributed by atoms with Crippen molar-refractivity contribution in [1.29, 1.82) is 0 Å². The molecule has 4 nitrogen and oxygen atoms in total. The molecule has 1 heterocycles. The summed E-state index contributed by atoms with van der Waals surface area (Å²) in [6.07, 6.45) is 0. The van der Waals surface area contributed by atoms with Crippen LogP contribution in [0.1, 0.15) is 5.69 Å². The summed E-state index contributed by atoms with van der Waals surface area (Å²) in [5.41, 5.74) is 6.38. The molecular weight excluding hydrogens is 280 g/mol. The number of ether oxygens (including phenoxy) is 1. The van der Waals surface area contributed by atoms with Gasteiger partial charge in [0.15, 0.2) is 11.6 Å². The first-order chi connectivity index (χ1) is 8.47. The highest BCUT2D eigenvalue weighted by atomic mass is 35.5. The molecule has 0 bridgehead atoms. The second-order valence-electron chi connectivity index (χ2n) is 3.47. The van der Waals surface area contributed by atoms with E-state index in [2.05, 4.69) is 9.97 Å². The van der Waals surface area contributed by atoms with Gasteiger partial charge < -0.3 is 10.5 Å². The molecule has 7 heteroatoms. The van der Waals surface area contributed by atoms with Crippen LogP contribution in [0.3, 0.4) is 0 Å². The largest absolute Gasteiger partial charge is 0.434 e. The van der Waals surface area contributed by atoms with Crippen molar-refractivity contribution in [2.24, 2.45) is 0 Å². The Labute approximate surface area is 113 Å². The fourth-order valence-electron chi connectivity index (χ4n) is 1.26. The Balaban J connectivity index is 2.40. The minimum Gasteiger partial charge on any atom is -0.434 e. The van der Waals surface area contributed by atoms with Gasteiger partial charge in [-0.15, -0.1) is 0 Å². The van der Waals surface area contributed by atoms with Gasteiger partial charge in [0.1, 0.15) is 5.69 Å². The predicted octanol–water partition coefficient (Wildman–Crippen LogP) is 3.61. The molecule has 0 aliphatic carbocycles. The van der Waals surface area contributed by atoms with Crippen LogP contribution in [-0.4, -0.2) is 9.97 Å². The predicted molar refractivity (Wildman–Crippen MR) is 67.7 cm³/mol. The summed E-state index contributed by atoms with van der Waals surface area (Å²) in [7, 11) is 0. The van der Waals surface area contributed by atoms with Gasteiger partial charge in [0.05, 0.1) is 5.69 Å². The second kappa shape index (κ2) is 4.96. The van der Waals surface area contributed by atoms with E-state index in [1.54, 1.807) is 6.92 Å². The van der Waals surface area contributed by atoms with Crippen molar-refractivity contribution < 1.29 is 9.13 Å². The smallest absolute Gasteiger partial charge is 0.247 e. The van der Waals surface area contributed by atoms with Gasteiger partial charge >= 0.3 is 0 Å². The van der Waals surface area contributed by atoms with E-state index >= 15 is 0 Å². The van der Waals surface area contributed by atoms with E-state index in [0.29, 0.717) is 5.69 Å². The lowest BCUT2D eigenvalue weighted by atomic mass is 10.3. The number of rotatable bonds is 2. The van der Waals surface area contributed by atoms with Crippen molar-refractivity contribution >= 4 is 28.9 Å². The highest BCUT2D eigenvalue weighted by Crippen LogP contribution is 2.30. The van der Waals surface area contributed by atoms with E-state index in [9.17, 15) is 4.39 Å². The number of nitrogens with zero attached hydrogens (tertiary/aromatic N) is 2. The number of aryl methyl sites for hydroxylation is 1. The molecule has 0 aliphatic heterocycles. The highest BCUT2D eigenvalue weighted by molar-refractivity contribution is 6.30. The molecule has 0 saturated carbocycles. The Kier molecular flexibility index (Phi) is 3.54. The molecule has 0 fully saturated rings. The number of halogens is 3. The van der Waals surface area contributed by atoms with Crippen LogP contribution in [0.25, 0.3) is 0 Å². The molecule has 1 aromatic carbocycles. The van der Waals surface area contributed by atoms with Crippen LogP contribution in [-0.2, 0) is 0 Å². The van der Waals surface area contributed by atoms with Gasteiger partial charge in [0.25, 0.3) is 0 Å². The fraction of sp³-hybridized carbons (Fsp3) is 0.0909. The van der Waals surface area contributed by atoms with Crippen molar-refractivity contribution in [2.75, 3.05) is 5.73 Å². The number of nitrogens with two attached hydrogens (primary N) is 1. The third-order valence-electron chi connectivity index (χ3n) is 2.17. The molecule has 1 aromatic heterocycles. The van der Waals surface area contributed by atoms with Crippen LogP contribution in [0.2, 0.25) is 10.3 Å². The van der Waals surface area contributed by atoms with Gasteiger partial charge in [-0.25, -0.2) is 9.37 Å². The third kappa shape index (κ3) is 2.63. The summed E-state index contributed by atoms with van der Waals surface area (Å²) >= 11 is 11.3. The minimum atomic E-state index is -0.616. The number of hydrogen-bond donors (Lipinski definition) is 1. The summed E-state index contributed by atoms with van der Waals surface area (Å²) < 4.78 is 18.8. The Morgan fingerprint density at radius 1 is 1.28 bits per heavy atom. The standard InChI is InChI=1S/C11H8Cl2FN3O/c1-5-9(15)10(17-11(13)16-5)18-8-3-2-6(12)4-7(8)14/h2-4H,15H2,1H3. The average Bonchev–Trinajstić information content (AvgIpc) is 2.29. The molecular formula is C11H8Cl2FN3O. The van der Waals surface area contributed by atoms with Gasteiger partial charge in [-0.2, -0.15) is 4.98 Å². The summed E-state index contributed by atoms with van der Waals surface area (Å²) in [4.78, 5) is 7.65. The van der Waals surface area contributed by atoms with Crippen molar-refractivity contribution in [3.8, 4) is 11.6 Å². The van der Waals surface area contributed by atoms with Gasteiger partial charge in [0.2, 0.25) is 11.2 Å². The number of benzene rings is 1. The number of aromatic nitrogens is 2. The molecule has 0 spiro atoms. The summed E-state index contributed by atoms with van der Waals surface area (Å²) in [6.45, 7) is 1.65. The van der Waals surface area contributed by atoms with E-state index in [1.807, 2.05) is 0 Å². The second-order valence-corrected chi connectivity index (χ2v) is 4.25. The molecule has 94 valence electrons. The number of anilines is 1. The molecule has 2 rings (SSSR count). The topological polar surface area (TPSA) is 61.0 Å². The first-order valence-electron chi connectivity index (χ1n) is 4.90.